The lowest BCUT2D eigenvalue weighted by atomic mass is 9.12. The van der Waals surface area contributed by atoms with Crippen molar-refractivity contribution >= 4 is 6.71 Å². The molecule has 1 heterocycles. The molecule has 3 fully saturated rings. The van der Waals surface area contributed by atoms with E-state index in [0.29, 0.717) is 22.9 Å². The molecule has 0 amide bonds. The summed E-state index contributed by atoms with van der Waals surface area (Å²) in [6.07, 6.45) is 25.0. The second-order valence-electron chi connectivity index (χ2n) is 16.1. The van der Waals surface area contributed by atoms with Crippen LogP contribution in [0.1, 0.15) is 139 Å². The van der Waals surface area contributed by atoms with E-state index in [9.17, 15) is 0 Å². The van der Waals surface area contributed by atoms with Crippen molar-refractivity contribution in [2.45, 2.75) is 150 Å². The van der Waals surface area contributed by atoms with Crippen molar-refractivity contribution in [3.63, 3.8) is 0 Å². The Balaban J connectivity index is 1.75. The molecule has 4 rings (SSSR count). The molecular formula is C35H61B. The van der Waals surface area contributed by atoms with Crippen molar-refractivity contribution in [1.82, 2.24) is 0 Å². The van der Waals surface area contributed by atoms with Crippen molar-refractivity contribution in [2.24, 2.45) is 46.3 Å². The van der Waals surface area contributed by atoms with Crippen LogP contribution < -0.4 is 0 Å². The van der Waals surface area contributed by atoms with Gasteiger partial charge in [-0.2, -0.15) is 0 Å². The lowest BCUT2D eigenvalue weighted by Crippen LogP contribution is -2.59. The van der Waals surface area contributed by atoms with Gasteiger partial charge < -0.3 is 0 Å². The Morgan fingerprint density at radius 2 is 0.917 bits per heavy atom. The van der Waals surface area contributed by atoms with E-state index < -0.39 is 0 Å². The molecule has 1 aliphatic heterocycles. The lowest BCUT2D eigenvalue weighted by Gasteiger charge is -2.66. The first-order valence-electron chi connectivity index (χ1n) is 16.2. The molecule has 0 radical (unpaired) electrons. The molecule has 0 atom stereocenters. The highest BCUT2D eigenvalue weighted by Crippen LogP contribution is 2.74. The van der Waals surface area contributed by atoms with E-state index in [4.69, 9.17) is 0 Å². The Labute approximate surface area is 227 Å². The first-order chi connectivity index (χ1) is 16.9. The van der Waals surface area contributed by atoms with E-state index in [1.54, 1.807) is 0 Å². The van der Waals surface area contributed by atoms with Gasteiger partial charge in [-0.3, -0.25) is 0 Å². The quantitative estimate of drug-likeness (QED) is 0.323. The van der Waals surface area contributed by atoms with Crippen LogP contribution in [0.2, 0.25) is 10.6 Å². The zero-order chi connectivity index (χ0) is 26.4. The predicted molar refractivity (Wildman–Crippen MR) is 162 cm³/mol. The maximum atomic E-state index is 2.84. The van der Waals surface area contributed by atoms with E-state index in [2.05, 4.69) is 86.5 Å². The van der Waals surface area contributed by atoms with Crippen LogP contribution in [0.15, 0.2) is 24.2 Å². The van der Waals surface area contributed by atoms with Crippen LogP contribution in [-0.2, 0) is 0 Å². The van der Waals surface area contributed by atoms with Crippen LogP contribution in [0.5, 0.6) is 0 Å². The largest absolute Gasteiger partial charge is 0.184 e. The second kappa shape index (κ2) is 10.6. The molecule has 0 bridgehead atoms. The van der Waals surface area contributed by atoms with Gasteiger partial charge in [0.15, 0.2) is 6.71 Å². The van der Waals surface area contributed by atoms with Crippen LogP contribution in [0, 0.1) is 46.3 Å². The van der Waals surface area contributed by atoms with Crippen LogP contribution >= 0.6 is 0 Å². The molecule has 0 saturated heterocycles. The van der Waals surface area contributed by atoms with Gasteiger partial charge in [-0.1, -0.05) is 106 Å². The van der Waals surface area contributed by atoms with Crippen molar-refractivity contribution in [3.05, 3.63) is 24.2 Å². The molecule has 3 saturated carbocycles. The zero-order valence-electron chi connectivity index (χ0n) is 25.8. The van der Waals surface area contributed by atoms with Crippen LogP contribution in [-0.4, -0.2) is 6.71 Å². The molecule has 0 N–H and O–H groups in total. The van der Waals surface area contributed by atoms with Gasteiger partial charge >= 0.3 is 0 Å². The van der Waals surface area contributed by atoms with Crippen molar-refractivity contribution in [2.75, 3.05) is 0 Å². The van der Waals surface area contributed by atoms with E-state index in [0.717, 1.165) is 35.5 Å². The summed E-state index contributed by atoms with van der Waals surface area (Å²) in [6, 6.07) is 0. The average Bonchev–Trinajstić information content (AvgIpc) is 2.84. The molecule has 0 aromatic carbocycles. The fraction of sp³-hybridized carbons (Fsp3) is 0.886. The summed E-state index contributed by atoms with van der Waals surface area (Å²) < 4.78 is 0. The lowest BCUT2D eigenvalue weighted by molar-refractivity contribution is 0.000904. The Kier molecular flexibility index (Phi) is 8.41. The van der Waals surface area contributed by atoms with Gasteiger partial charge in [-0.05, 0) is 108 Å². The molecule has 0 unspecified atom stereocenters. The maximum absolute atomic E-state index is 2.84. The normalized spacial score (nSPS) is 44.1. The zero-order valence-corrected chi connectivity index (χ0v) is 25.8. The van der Waals surface area contributed by atoms with Crippen molar-refractivity contribution in [3.8, 4) is 0 Å². The standard InChI is InChI=1S/C35H61B/c1-26(2)29-12-19-32(7,20-13-29)35(33(8)21-14-30(15-22-33)27(3)4)18-10-11-25-36(35)34(9)23-16-31(17-24-34)28(5)6/h10-11,18,25-31H,12-17,19-24H2,1-9H3. The number of hydrogen-bond acceptors (Lipinski definition) is 0. The highest BCUT2D eigenvalue weighted by molar-refractivity contribution is 6.72. The summed E-state index contributed by atoms with van der Waals surface area (Å²) in [5, 5.41) is 0.723. The predicted octanol–water partition coefficient (Wildman–Crippen LogP) is 11.2. The number of allylic oxidation sites excluding steroid dienone is 3. The first-order valence-corrected chi connectivity index (χ1v) is 16.2. The molecular weight excluding hydrogens is 431 g/mol. The molecule has 1 heteroatoms. The van der Waals surface area contributed by atoms with Gasteiger partial charge in [-0.25, -0.2) is 0 Å². The number of hydrogen-bond donors (Lipinski definition) is 0. The Morgan fingerprint density at radius 1 is 0.556 bits per heavy atom. The van der Waals surface area contributed by atoms with Gasteiger partial charge in [0.25, 0.3) is 0 Å². The smallest absolute Gasteiger partial charge is 0.113 e. The first kappa shape index (κ1) is 28.6. The van der Waals surface area contributed by atoms with Crippen molar-refractivity contribution in [1.29, 1.82) is 0 Å². The van der Waals surface area contributed by atoms with Gasteiger partial charge in [0.05, 0.1) is 0 Å². The molecule has 4 aliphatic rings. The highest BCUT2D eigenvalue weighted by atomic mass is 14.6. The Hall–Kier alpha value is -0.455. The minimum absolute atomic E-state index is 0.290. The third kappa shape index (κ3) is 4.86. The van der Waals surface area contributed by atoms with Gasteiger partial charge in [0, 0.05) is 0 Å². The fourth-order valence-corrected chi connectivity index (χ4v) is 10.3. The highest BCUT2D eigenvalue weighted by Gasteiger charge is 2.65. The molecule has 0 nitrogen and oxygen atoms in total. The molecule has 0 spiro atoms. The van der Waals surface area contributed by atoms with Crippen LogP contribution in [0.25, 0.3) is 0 Å². The molecule has 3 aliphatic carbocycles. The van der Waals surface area contributed by atoms with E-state index in [1.165, 1.54) is 77.0 Å². The summed E-state index contributed by atoms with van der Waals surface area (Å²) in [7, 11) is 0. The molecule has 0 aromatic rings. The number of rotatable bonds is 6. The summed E-state index contributed by atoms with van der Waals surface area (Å²) in [6.45, 7) is 23.7. The van der Waals surface area contributed by atoms with Gasteiger partial charge in [0.1, 0.15) is 0 Å². The van der Waals surface area contributed by atoms with E-state index in [-0.39, 0.29) is 5.31 Å². The summed E-state index contributed by atoms with van der Waals surface area (Å²) in [4.78, 5) is 0. The van der Waals surface area contributed by atoms with Crippen LogP contribution in [0.3, 0.4) is 0 Å². The maximum Gasteiger partial charge on any atom is 0.184 e. The third-order valence-corrected chi connectivity index (χ3v) is 13.3. The summed E-state index contributed by atoms with van der Waals surface area (Å²) >= 11 is 0. The molecule has 0 aromatic heterocycles. The van der Waals surface area contributed by atoms with E-state index in [1.807, 2.05) is 0 Å². The summed E-state index contributed by atoms with van der Waals surface area (Å²) in [5.74, 6) is 8.05. The van der Waals surface area contributed by atoms with Crippen LogP contribution in [0.4, 0.5) is 0 Å². The minimum atomic E-state index is 0.290. The van der Waals surface area contributed by atoms with Crippen molar-refractivity contribution < 1.29 is 0 Å². The Morgan fingerprint density at radius 3 is 1.28 bits per heavy atom. The SMILES string of the molecule is CC(C)C1CCC(C)(B2C=CC=CC2(C2(C)CCC(C(C)C)CC2)C2(C)CCC(C(C)C)CC2)CC1. The fourth-order valence-electron chi connectivity index (χ4n) is 10.3. The topological polar surface area (TPSA) is 0 Å². The molecule has 204 valence electrons. The minimum Gasteiger partial charge on any atom is -0.113 e. The Bertz CT molecular complexity index is 739. The third-order valence-electron chi connectivity index (χ3n) is 13.3. The second-order valence-corrected chi connectivity index (χ2v) is 16.1. The van der Waals surface area contributed by atoms with E-state index >= 15 is 0 Å². The monoisotopic (exact) mass is 492 g/mol. The summed E-state index contributed by atoms with van der Waals surface area (Å²) in [5.41, 5.74) is 0.809. The van der Waals surface area contributed by atoms with Gasteiger partial charge in [0.2, 0.25) is 0 Å². The van der Waals surface area contributed by atoms with Gasteiger partial charge in [-0.15, -0.1) is 5.98 Å². The molecule has 36 heavy (non-hydrogen) atoms. The average molecular weight is 493 g/mol.